The van der Waals surface area contributed by atoms with Gasteiger partial charge in [0.15, 0.2) is 0 Å². The maximum Gasteiger partial charge on any atom is 0.325 e. The van der Waals surface area contributed by atoms with Gasteiger partial charge in [0.2, 0.25) is 5.91 Å². The first-order valence-electron chi connectivity index (χ1n) is 6.27. The molecule has 6 nitrogen and oxygen atoms in total. The smallest absolute Gasteiger partial charge is 0.325 e. The van der Waals surface area contributed by atoms with Crippen molar-refractivity contribution in [3.63, 3.8) is 0 Å². The van der Waals surface area contributed by atoms with E-state index in [0.29, 0.717) is 6.61 Å². The molecule has 1 rings (SSSR count). The Labute approximate surface area is 107 Å². The maximum absolute atomic E-state index is 11.6. The van der Waals surface area contributed by atoms with Crippen molar-refractivity contribution in [2.45, 2.75) is 51.4 Å². The summed E-state index contributed by atoms with van der Waals surface area (Å²) in [7, 11) is 0. The van der Waals surface area contributed by atoms with Crippen molar-refractivity contribution in [2.24, 2.45) is 0 Å². The second-order valence-corrected chi connectivity index (χ2v) is 4.53. The molecule has 1 aliphatic heterocycles. The zero-order valence-electron chi connectivity index (χ0n) is 10.8. The SMILES string of the molecule is C[C@@H](NC(=O)[C@@H](C)OC[C@H]1CCCCO1)C(=O)O. The van der Waals surface area contributed by atoms with Gasteiger partial charge in [-0.1, -0.05) is 0 Å². The van der Waals surface area contributed by atoms with Crippen LogP contribution < -0.4 is 5.32 Å². The molecule has 0 aliphatic carbocycles. The number of carboxylic acids is 1. The van der Waals surface area contributed by atoms with Crippen molar-refractivity contribution in [1.82, 2.24) is 5.32 Å². The number of aliphatic carboxylic acids is 1. The summed E-state index contributed by atoms with van der Waals surface area (Å²) in [6.07, 6.45) is 2.51. The minimum atomic E-state index is -1.06. The van der Waals surface area contributed by atoms with Gasteiger partial charge in [-0.15, -0.1) is 0 Å². The minimum Gasteiger partial charge on any atom is -0.480 e. The van der Waals surface area contributed by atoms with Gasteiger partial charge in [-0.25, -0.2) is 0 Å². The van der Waals surface area contributed by atoms with Crippen LogP contribution in [0, 0.1) is 0 Å². The molecule has 1 amide bonds. The van der Waals surface area contributed by atoms with Crippen LogP contribution in [0.2, 0.25) is 0 Å². The van der Waals surface area contributed by atoms with Gasteiger partial charge in [0.25, 0.3) is 0 Å². The van der Waals surface area contributed by atoms with E-state index in [1.165, 1.54) is 6.92 Å². The van der Waals surface area contributed by atoms with E-state index in [-0.39, 0.29) is 6.10 Å². The van der Waals surface area contributed by atoms with E-state index in [9.17, 15) is 9.59 Å². The Morgan fingerprint density at radius 3 is 2.72 bits per heavy atom. The van der Waals surface area contributed by atoms with E-state index in [2.05, 4.69) is 5.32 Å². The lowest BCUT2D eigenvalue weighted by Gasteiger charge is -2.24. The molecule has 3 atom stereocenters. The van der Waals surface area contributed by atoms with E-state index in [1.807, 2.05) is 0 Å². The highest BCUT2D eigenvalue weighted by atomic mass is 16.5. The maximum atomic E-state index is 11.6. The lowest BCUT2D eigenvalue weighted by molar-refractivity contribution is -0.144. The zero-order chi connectivity index (χ0) is 13.5. The predicted octanol–water partition coefficient (Wildman–Crippen LogP) is 0.550. The fraction of sp³-hybridized carbons (Fsp3) is 0.833. The number of carboxylic acid groups (broad SMARTS) is 1. The quantitative estimate of drug-likeness (QED) is 0.727. The Bertz CT molecular complexity index is 288. The minimum absolute atomic E-state index is 0.0471. The molecule has 0 aromatic heterocycles. The van der Waals surface area contributed by atoms with Crippen LogP contribution in [-0.4, -0.2) is 48.4 Å². The monoisotopic (exact) mass is 259 g/mol. The van der Waals surface area contributed by atoms with E-state index in [1.54, 1.807) is 6.92 Å². The molecule has 0 saturated carbocycles. The zero-order valence-corrected chi connectivity index (χ0v) is 10.8. The Morgan fingerprint density at radius 2 is 2.17 bits per heavy atom. The summed E-state index contributed by atoms with van der Waals surface area (Å²) >= 11 is 0. The Kier molecular flexibility index (Phi) is 6.07. The third-order valence-corrected chi connectivity index (χ3v) is 2.90. The average Bonchev–Trinajstić information content (AvgIpc) is 2.36. The number of hydrogen-bond acceptors (Lipinski definition) is 4. The molecule has 0 radical (unpaired) electrons. The topological polar surface area (TPSA) is 84.9 Å². The third kappa shape index (κ3) is 5.01. The molecule has 1 aliphatic rings. The van der Waals surface area contributed by atoms with E-state index < -0.39 is 24.0 Å². The summed E-state index contributed by atoms with van der Waals surface area (Å²) in [6, 6.07) is -0.908. The summed E-state index contributed by atoms with van der Waals surface area (Å²) in [5.41, 5.74) is 0. The van der Waals surface area contributed by atoms with Crippen molar-refractivity contribution < 1.29 is 24.2 Å². The standard InChI is InChI=1S/C12H21NO5/c1-8(12(15)16)13-11(14)9(2)18-7-10-5-3-4-6-17-10/h8-10H,3-7H2,1-2H3,(H,13,14)(H,15,16)/t8-,9-,10-/m1/s1. The molecule has 0 spiro atoms. The molecular formula is C12H21NO5. The predicted molar refractivity (Wildman–Crippen MR) is 64.2 cm³/mol. The summed E-state index contributed by atoms with van der Waals surface area (Å²) in [5.74, 6) is -1.48. The molecule has 104 valence electrons. The summed E-state index contributed by atoms with van der Waals surface area (Å²) in [5, 5.41) is 11.0. The van der Waals surface area contributed by atoms with Gasteiger partial charge in [-0.2, -0.15) is 0 Å². The number of ether oxygens (including phenoxy) is 2. The van der Waals surface area contributed by atoms with E-state index >= 15 is 0 Å². The highest BCUT2D eigenvalue weighted by Gasteiger charge is 2.21. The highest BCUT2D eigenvalue weighted by molar-refractivity contribution is 5.85. The molecule has 0 bridgehead atoms. The largest absolute Gasteiger partial charge is 0.480 e. The molecule has 0 unspecified atom stereocenters. The molecule has 6 heteroatoms. The normalized spacial score (nSPS) is 23.1. The Hall–Kier alpha value is -1.14. The number of rotatable bonds is 6. The second kappa shape index (κ2) is 7.33. The first-order valence-corrected chi connectivity index (χ1v) is 6.27. The first kappa shape index (κ1) is 14.9. The van der Waals surface area contributed by atoms with E-state index in [0.717, 1.165) is 25.9 Å². The van der Waals surface area contributed by atoms with Gasteiger partial charge in [0, 0.05) is 6.61 Å². The number of amides is 1. The van der Waals surface area contributed by atoms with Crippen LogP contribution >= 0.6 is 0 Å². The van der Waals surface area contributed by atoms with Crippen LogP contribution in [0.5, 0.6) is 0 Å². The van der Waals surface area contributed by atoms with Gasteiger partial charge >= 0.3 is 5.97 Å². The molecule has 1 heterocycles. The van der Waals surface area contributed by atoms with Crippen molar-refractivity contribution in [3.05, 3.63) is 0 Å². The average molecular weight is 259 g/mol. The van der Waals surface area contributed by atoms with Crippen molar-refractivity contribution in [2.75, 3.05) is 13.2 Å². The van der Waals surface area contributed by atoms with Gasteiger partial charge in [-0.05, 0) is 33.1 Å². The summed E-state index contributed by atoms with van der Waals surface area (Å²) in [6.45, 7) is 4.13. The van der Waals surface area contributed by atoms with Gasteiger partial charge < -0.3 is 19.9 Å². The molecule has 18 heavy (non-hydrogen) atoms. The lowest BCUT2D eigenvalue weighted by Crippen LogP contribution is -2.44. The number of nitrogens with one attached hydrogen (secondary N) is 1. The molecule has 0 aromatic rings. The van der Waals surface area contributed by atoms with Crippen LogP contribution in [0.1, 0.15) is 33.1 Å². The Morgan fingerprint density at radius 1 is 1.44 bits per heavy atom. The van der Waals surface area contributed by atoms with Gasteiger partial charge in [0.05, 0.1) is 12.7 Å². The van der Waals surface area contributed by atoms with E-state index in [4.69, 9.17) is 14.6 Å². The van der Waals surface area contributed by atoms with Crippen LogP contribution in [0.15, 0.2) is 0 Å². The fourth-order valence-corrected chi connectivity index (χ4v) is 1.66. The summed E-state index contributed by atoms with van der Waals surface area (Å²) in [4.78, 5) is 22.2. The van der Waals surface area contributed by atoms with Crippen molar-refractivity contribution in [1.29, 1.82) is 0 Å². The molecule has 1 saturated heterocycles. The lowest BCUT2D eigenvalue weighted by atomic mass is 10.1. The molecule has 1 fully saturated rings. The van der Waals surface area contributed by atoms with Crippen molar-refractivity contribution >= 4 is 11.9 Å². The highest BCUT2D eigenvalue weighted by Crippen LogP contribution is 2.13. The van der Waals surface area contributed by atoms with Crippen LogP contribution in [0.3, 0.4) is 0 Å². The molecular weight excluding hydrogens is 238 g/mol. The third-order valence-electron chi connectivity index (χ3n) is 2.90. The van der Waals surface area contributed by atoms with Crippen LogP contribution in [-0.2, 0) is 19.1 Å². The second-order valence-electron chi connectivity index (χ2n) is 4.53. The van der Waals surface area contributed by atoms with Crippen LogP contribution in [0.4, 0.5) is 0 Å². The van der Waals surface area contributed by atoms with Gasteiger partial charge in [0.1, 0.15) is 12.1 Å². The summed E-state index contributed by atoms with van der Waals surface area (Å²) < 4.78 is 10.9. The fourth-order valence-electron chi connectivity index (χ4n) is 1.66. The van der Waals surface area contributed by atoms with Crippen LogP contribution in [0.25, 0.3) is 0 Å². The van der Waals surface area contributed by atoms with Gasteiger partial charge in [-0.3, -0.25) is 9.59 Å². The number of hydrogen-bond donors (Lipinski definition) is 2. The first-order chi connectivity index (χ1) is 8.50. The molecule has 2 N–H and O–H groups in total. The number of carbonyl (C=O) groups is 2. The van der Waals surface area contributed by atoms with Crippen molar-refractivity contribution in [3.8, 4) is 0 Å². The Balaban J connectivity index is 2.24. The molecule has 0 aromatic carbocycles. The number of carbonyl (C=O) groups excluding carboxylic acids is 1.